The van der Waals surface area contributed by atoms with E-state index in [0.717, 1.165) is 11.3 Å². The van der Waals surface area contributed by atoms with Gasteiger partial charge >= 0.3 is 0 Å². The van der Waals surface area contributed by atoms with Gasteiger partial charge in [0.2, 0.25) is 5.91 Å². The molecule has 3 rings (SSSR count). The molecule has 0 fully saturated rings. The van der Waals surface area contributed by atoms with E-state index in [4.69, 9.17) is 4.74 Å². The van der Waals surface area contributed by atoms with E-state index in [9.17, 15) is 9.59 Å². The van der Waals surface area contributed by atoms with Crippen LogP contribution in [0.1, 0.15) is 29.9 Å². The van der Waals surface area contributed by atoms with E-state index in [1.165, 1.54) is 11.3 Å². The molecule has 150 valence electrons. The molecule has 3 aromatic rings. The Hall–Kier alpha value is -3.19. The van der Waals surface area contributed by atoms with Gasteiger partial charge in [0, 0.05) is 11.1 Å². The Morgan fingerprint density at radius 3 is 2.45 bits per heavy atom. The Kier molecular flexibility index (Phi) is 6.97. The van der Waals surface area contributed by atoms with Gasteiger partial charge in [0.15, 0.2) is 5.13 Å². The maximum absolute atomic E-state index is 12.4. The van der Waals surface area contributed by atoms with Gasteiger partial charge in [0.05, 0.1) is 13.0 Å². The molecule has 0 aliphatic rings. The van der Waals surface area contributed by atoms with E-state index in [0.29, 0.717) is 23.3 Å². The van der Waals surface area contributed by atoms with Crippen LogP contribution in [0.15, 0.2) is 60.0 Å². The molecule has 0 aliphatic carbocycles. The monoisotopic (exact) mass is 409 g/mol. The van der Waals surface area contributed by atoms with Crippen LogP contribution >= 0.6 is 11.3 Å². The number of hydrogen-bond acceptors (Lipinski definition) is 5. The first kappa shape index (κ1) is 20.5. The molecule has 0 radical (unpaired) electrons. The molecule has 2 amide bonds. The van der Waals surface area contributed by atoms with Crippen LogP contribution in [0.2, 0.25) is 0 Å². The first-order chi connectivity index (χ1) is 14.0. The lowest BCUT2D eigenvalue weighted by Crippen LogP contribution is -2.15. The van der Waals surface area contributed by atoms with Gasteiger partial charge in [-0.25, -0.2) is 4.98 Å². The zero-order valence-corrected chi connectivity index (χ0v) is 17.2. The molecule has 0 spiro atoms. The number of anilines is 2. The number of carbonyl (C=O) groups excluding carboxylic acids is 2. The Labute approximate surface area is 173 Å². The molecule has 29 heavy (non-hydrogen) atoms. The highest BCUT2D eigenvalue weighted by molar-refractivity contribution is 7.14. The van der Waals surface area contributed by atoms with Crippen LogP contribution in [0.25, 0.3) is 0 Å². The highest BCUT2D eigenvalue weighted by atomic mass is 32.1. The van der Waals surface area contributed by atoms with E-state index in [1.807, 2.05) is 42.5 Å². The van der Waals surface area contributed by atoms with E-state index in [1.54, 1.807) is 17.5 Å². The van der Waals surface area contributed by atoms with Gasteiger partial charge in [-0.3, -0.25) is 9.59 Å². The van der Waals surface area contributed by atoms with Gasteiger partial charge in [-0.1, -0.05) is 44.2 Å². The summed E-state index contributed by atoms with van der Waals surface area (Å²) < 4.78 is 5.63. The number of hydrogen-bond donors (Lipinski definition) is 2. The lowest BCUT2D eigenvalue weighted by molar-refractivity contribution is -0.115. The van der Waals surface area contributed by atoms with Crippen molar-refractivity contribution in [2.24, 2.45) is 5.92 Å². The molecule has 2 N–H and O–H groups in total. The molecular formula is C22H23N3O3S. The first-order valence-corrected chi connectivity index (χ1v) is 10.2. The normalized spacial score (nSPS) is 10.6. The predicted molar refractivity (Wildman–Crippen MR) is 116 cm³/mol. The fraction of sp³-hybridized carbons (Fsp3) is 0.227. The van der Waals surface area contributed by atoms with Crippen LogP contribution in [0.3, 0.4) is 0 Å². The molecule has 2 aromatic carbocycles. The predicted octanol–water partition coefficient (Wildman–Crippen LogP) is 4.61. The smallest absolute Gasteiger partial charge is 0.275 e. The van der Waals surface area contributed by atoms with E-state index >= 15 is 0 Å². The standard InChI is InChI=1S/C22H23N3O3S/c1-15(2)13-28-18-10-8-17(9-11-18)23-21(27)19-14-29-22(24-19)25-20(26)12-16-6-4-3-5-7-16/h3-11,14-15H,12-13H2,1-2H3,(H,23,27)(H,24,25,26). The number of carbonyl (C=O) groups is 2. The van der Waals surface area contributed by atoms with E-state index < -0.39 is 0 Å². The molecule has 0 bridgehead atoms. The third kappa shape index (κ3) is 6.43. The van der Waals surface area contributed by atoms with Crippen molar-refractivity contribution in [2.45, 2.75) is 20.3 Å². The van der Waals surface area contributed by atoms with E-state index in [2.05, 4.69) is 29.5 Å². The lowest BCUT2D eigenvalue weighted by Gasteiger charge is -2.09. The Morgan fingerprint density at radius 2 is 1.76 bits per heavy atom. The number of rotatable bonds is 8. The SMILES string of the molecule is CC(C)COc1ccc(NC(=O)c2csc(NC(=O)Cc3ccccc3)n2)cc1. The highest BCUT2D eigenvalue weighted by Crippen LogP contribution is 2.19. The molecule has 1 aromatic heterocycles. The van der Waals surface area contributed by atoms with Crippen molar-refractivity contribution in [2.75, 3.05) is 17.2 Å². The molecule has 0 unspecified atom stereocenters. The lowest BCUT2D eigenvalue weighted by atomic mass is 10.1. The number of ether oxygens (including phenoxy) is 1. The first-order valence-electron chi connectivity index (χ1n) is 9.33. The van der Waals surface area contributed by atoms with Crippen molar-refractivity contribution in [1.82, 2.24) is 4.98 Å². The molecule has 1 heterocycles. The average molecular weight is 410 g/mol. The zero-order chi connectivity index (χ0) is 20.6. The van der Waals surface area contributed by atoms with Gasteiger partial charge in [-0.2, -0.15) is 0 Å². The second-order valence-electron chi connectivity index (χ2n) is 6.93. The van der Waals surface area contributed by atoms with Crippen LogP contribution in [0.4, 0.5) is 10.8 Å². The van der Waals surface area contributed by atoms with Crippen molar-refractivity contribution in [3.63, 3.8) is 0 Å². The summed E-state index contributed by atoms with van der Waals surface area (Å²) in [5.41, 5.74) is 1.82. The van der Waals surface area contributed by atoms with Gasteiger partial charge in [-0.05, 0) is 35.7 Å². The molecule has 6 nitrogen and oxygen atoms in total. The quantitative estimate of drug-likeness (QED) is 0.569. The molecule has 0 atom stereocenters. The summed E-state index contributed by atoms with van der Waals surface area (Å²) in [5, 5.41) is 7.54. The summed E-state index contributed by atoms with van der Waals surface area (Å²) in [6.45, 7) is 4.81. The van der Waals surface area contributed by atoms with Crippen molar-refractivity contribution in [3.8, 4) is 5.75 Å². The number of thiazole rings is 1. The summed E-state index contributed by atoms with van der Waals surface area (Å²) in [5.74, 6) is 0.699. The summed E-state index contributed by atoms with van der Waals surface area (Å²) in [7, 11) is 0. The van der Waals surface area contributed by atoms with Crippen LogP contribution in [-0.2, 0) is 11.2 Å². The molecule has 0 saturated heterocycles. The summed E-state index contributed by atoms with van der Waals surface area (Å²) in [4.78, 5) is 28.7. The minimum absolute atomic E-state index is 0.172. The van der Waals surface area contributed by atoms with Crippen molar-refractivity contribution >= 4 is 34.0 Å². The maximum atomic E-state index is 12.4. The van der Waals surface area contributed by atoms with E-state index in [-0.39, 0.29) is 23.9 Å². The number of nitrogens with one attached hydrogen (secondary N) is 2. The van der Waals surface area contributed by atoms with Crippen molar-refractivity contribution in [3.05, 3.63) is 71.2 Å². The fourth-order valence-corrected chi connectivity index (χ4v) is 3.18. The van der Waals surface area contributed by atoms with Crippen LogP contribution < -0.4 is 15.4 Å². The third-order valence-electron chi connectivity index (χ3n) is 3.89. The van der Waals surface area contributed by atoms with Crippen LogP contribution in [0, 0.1) is 5.92 Å². The average Bonchev–Trinajstić information content (AvgIpc) is 3.16. The summed E-state index contributed by atoms with van der Waals surface area (Å²) in [6, 6.07) is 16.6. The number of aromatic nitrogens is 1. The van der Waals surface area contributed by atoms with Crippen LogP contribution in [0.5, 0.6) is 5.75 Å². The third-order valence-corrected chi connectivity index (χ3v) is 4.64. The topological polar surface area (TPSA) is 80.3 Å². The summed E-state index contributed by atoms with van der Waals surface area (Å²) in [6.07, 6.45) is 0.257. The van der Waals surface area contributed by atoms with Gasteiger partial charge in [0.25, 0.3) is 5.91 Å². The zero-order valence-electron chi connectivity index (χ0n) is 16.3. The number of amides is 2. The second-order valence-corrected chi connectivity index (χ2v) is 7.79. The number of nitrogens with zero attached hydrogens (tertiary/aromatic N) is 1. The van der Waals surface area contributed by atoms with Gasteiger partial charge in [0.1, 0.15) is 11.4 Å². The highest BCUT2D eigenvalue weighted by Gasteiger charge is 2.13. The largest absolute Gasteiger partial charge is 0.493 e. The fourth-order valence-electron chi connectivity index (χ4n) is 2.47. The molecule has 0 saturated carbocycles. The molecular weight excluding hydrogens is 386 g/mol. The number of benzene rings is 2. The van der Waals surface area contributed by atoms with Crippen molar-refractivity contribution in [1.29, 1.82) is 0 Å². The summed E-state index contributed by atoms with van der Waals surface area (Å²) >= 11 is 1.22. The molecule has 7 heteroatoms. The van der Waals surface area contributed by atoms with Gasteiger partial charge < -0.3 is 15.4 Å². The Bertz CT molecular complexity index is 953. The molecule has 0 aliphatic heterocycles. The van der Waals surface area contributed by atoms with Crippen molar-refractivity contribution < 1.29 is 14.3 Å². The minimum atomic E-state index is -0.333. The minimum Gasteiger partial charge on any atom is -0.493 e. The van der Waals surface area contributed by atoms with Gasteiger partial charge in [-0.15, -0.1) is 11.3 Å². The Morgan fingerprint density at radius 1 is 1.03 bits per heavy atom. The Balaban J connectivity index is 1.53. The maximum Gasteiger partial charge on any atom is 0.275 e. The second kappa shape index (κ2) is 9.84. The van der Waals surface area contributed by atoms with Crippen LogP contribution in [-0.4, -0.2) is 23.4 Å².